The zero-order valence-corrected chi connectivity index (χ0v) is 14.3. The lowest BCUT2D eigenvalue weighted by atomic mass is 10.2. The van der Waals surface area contributed by atoms with Crippen LogP contribution in [0.4, 0.5) is 10.1 Å². The van der Waals surface area contributed by atoms with Crippen molar-refractivity contribution < 1.29 is 9.31 Å². The van der Waals surface area contributed by atoms with E-state index in [1.54, 1.807) is 30.3 Å². The van der Waals surface area contributed by atoms with E-state index in [1.807, 2.05) is 0 Å². The van der Waals surface area contributed by atoms with Gasteiger partial charge in [0.1, 0.15) is 11.5 Å². The Hall–Kier alpha value is -3.53. The van der Waals surface area contributed by atoms with Crippen molar-refractivity contribution >= 4 is 23.1 Å². The number of aromatic nitrogens is 4. The highest BCUT2D eigenvalue weighted by atomic mass is 32.2. The Kier molecular flexibility index (Phi) is 4.16. The monoisotopic (exact) mass is 383 g/mol. The Morgan fingerprint density at radius 2 is 1.96 bits per heavy atom. The molecular weight excluding hydrogens is 373 g/mol. The van der Waals surface area contributed by atoms with Crippen molar-refractivity contribution in [3.05, 3.63) is 81.1 Å². The maximum absolute atomic E-state index is 13.0. The highest BCUT2D eigenvalue weighted by Crippen LogP contribution is 2.31. The molecule has 1 aromatic carbocycles. The molecule has 0 atom stereocenters. The van der Waals surface area contributed by atoms with Gasteiger partial charge in [-0.2, -0.15) is 0 Å². The van der Waals surface area contributed by atoms with Crippen LogP contribution >= 0.6 is 11.8 Å². The van der Waals surface area contributed by atoms with Crippen molar-refractivity contribution in [1.82, 2.24) is 19.4 Å². The van der Waals surface area contributed by atoms with Gasteiger partial charge in [-0.15, -0.1) is 0 Å². The predicted octanol–water partition coefficient (Wildman–Crippen LogP) is 3.28. The van der Waals surface area contributed by atoms with E-state index in [9.17, 15) is 19.3 Å². The molecule has 0 aliphatic carbocycles. The Morgan fingerprint density at radius 3 is 2.70 bits per heavy atom. The van der Waals surface area contributed by atoms with Crippen molar-refractivity contribution in [2.75, 3.05) is 0 Å². The summed E-state index contributed by atoms with van der Waals surface area (Å²) in [5, 5.41) is 11.7. The molecule has 27 heavy (non-hydrogen) atoms. The van der Waals surface area contributed by atoms with Gasteiger partial charge in [0.2, 0.25) is 0 Å². The normalized spacial score (nSPS) is 11.0. The second kappa shape index (κ2) is 6.65. The zero-order chi connectivity index (χ0) is 19.0. The fourth-order valence-corrected chi connectivity index (χ4v) is 3.36. The van der Waals surface area contributed by atoms with Gasteiger partial charge in [0.25, 0.3) is 0 Å². The number of aromatic amines is 1. The molecule has 3 aromatic heterocycles. The fraction of sp³-hybridized carbons (Fsp3) is 0. The van der Waals surface area contributed by atoms with Gasteiger partial charge in [0.15, 0.2) is 10.2 Å². The third-order valence-electron chi connectivity index (χ3n) is 3.76. The van der Waals surface area contributed by atoms with Crippen molar-refractivity contribution in [3.8, 4) is 11.3 Å². The molecule has 3 heterocycles. The Morgan fingerprint density at radius 1 is 1.19 bits per heavy atom. The molecule has 1 N–H and O–H groups in total. The summed E-state index contributed by atoms with van der Waals surface area (Å²) in [4.78, 5) is 34.5. The molecule has 4 rings (SSSR count). The lowest BCUT2D eigenvalue weighted by Gasteiger charge is -2.03. The van der Waals surface area contributed by atoms with Gasteiger partial charge >= 0.3 is 11.2 Å². The summed E-state index contributed by atoms with van der Waals surface area (Å²) in [5.74, 6) is -0.357. The molecule has 0 saturated carbocycles. The number of hydrogen-bond donors (Lipinski definition) is 1. The van der Waals surface area contributed by atoms with Gasteiger partial charge in [-0.1, -0.05) is 6.07 Å². The fourth-order valence-electron chi connectivity index (χ4n) is 2.51. The average molecular weight is 383 g/mol. The van der Waals surface area contributed by atoms with Gasteiger partial charge in [0, 0.05) is 6.20 Å². The first kappa shape index (κ1) is 16.9. The topological polar surface area (TPSA) is 106 Å². The van der Waals surface area contributed by atoms with E-state index in [2.05, 4.69) is 15.0 Å². The van der Waals surface area contributed by atoms with Gasteiger partial charge < -0.3 is 4.98 Å². The largest absolute Gasteiger partial charge is 0.366 e. The van der Waals surface area contributed by atoms with Gasteiger partial charge in [0.05, 0.1) is 16.8 Å². The van der Waals surface area contributed by atoms with Crippen LogP contribution in [-0.4, -0.2) is 24.3 Å². The smallest absolute Gasteiger partial charge is 0.333 e. The van der Waals surface area contributed by atoms with E-state index < -0.39 is 16.2 Å². The number of benzene rings is 1. The van der Waals surface area contributed by atoms with Crippen LogP contribution in [0.2, 0.25) is 0 Å². The molecule has 0 fully saturated rings. The number of nitrogens with zero attached hydrogens (tertiary/aromatic N) is 4. The molecule has 0 radical (unpaired) electrons. The highest BCUT2D eigenvalue weighted by Gasteiger charge is 2.25. The molecule has 0 spiro atoms. The molecule has 134 valence electrons. The summed E-state index contributed by atoms with van der Waals surface area (Å²) >= 11 is 0.883. The predicted molar refractivity (Wildman–Crippen MR) is 96.2 cm³/mol. The summed E-state index contributed by atoms with van der Waals surface area (Å²) < 4.78 is 14.2. The summed E-state index contributed by atoms with van der Waals surface area (Å²) in [6, 6.07) is 10.7. The standard InChI is InChI=1S/C17H10FN5O3S/c18-11-6-4-10(5-7-11)12-9-19-17(20-12)27-15-14(23(25)26)16(24)22-8-2-1-3-13(22)21-15/h1-9H,(H,19,20). The number of hydrogen-bond acceptors (Lipinski definition) is 6. The van der Waals surface area contributed by atoms with E-state index in [0.29, 0.717) is 22.1 Å². The Bertz CT molecular complexity index is 1220. The summed E-state index contributed by atoms with van der Waals surface area (Å²) in [6.45, 7) is 0. The lowest BCUT2D eigenvalue weighted by molar-refractivity contribution is -0.389. The molecule has 0 bridgehead atoms. The number of H-pyrrole nitrogens is 1. The van der Waals surface area contributed by atoms with E-state index in [0.717, 1.165) is 16.2 Å². The Balaban J connectivity index is 1.75. The minimum Gasteiger partial charge on any atom is -0.333 e. The van der Waals surface area contributed by atoms with Crippen LogP contribution in [0.15, 0.2) is 69.8 Å². The molecule has 8 nitrogen and oxygen atoms in total. The molecule has 0 aliphatic heterocycles. The molecule has 0 aliphatic rings. The number of rotatable bonds is 4. The van der Waals surface area contributed by atoms with E-state index in [-0.39, 0.29) is 10.8 Å². The van der Waals surface area contributed by atoms with Crippen molar-refractivity contribution in [2.24, 2.45) is 0 Å². The van der Waals surface area contributed by atoms with Crippen LogP contribution in [0.1, 0.15) is 0 Å². The molecule has 0 unspecified atom stereocenters. The van der Waals surface area contributed by atoms with Crippen LogP contribution in [-0.2, 0) is 0 Å². The lowest BCUT2D eigenvalue weighted by Crippen LogP contribution is -2.19. The first-order valence-corrected chi connectivity index (χ1v) is 8.49. The minimum atomic E-state index is -0.765. The first-order valence-electron chi connectivity index (χ1n) is 7.67. The highest BCUT2D eigenvalue weighted by molar-refractivity contribution is 7.99. The third kappa shape index (κ3) is 3.17. The maximum atomic E-state index is 13.0. The number of pyridine rings is 1. The maximum Gasteiger partial charge on any atom is 0.366 e. The number of nitro groups is 1. The summed E-state index contributed by atoms with van der Waals surface area (Å²) in [6.07, 6.45) is 2.95. The van der Waals surface area contributed by atoms with Gasteiger partial charge in [-0.25, -0.2) is 14.4 Å². The SMILES string of the molecule is O=c1c([N+](=O)[O-])c(Sc2ncc(-c3ccc(F)cc3)[nH]2)nc2ccccn12. The Labute approximate surface area is 154 Å². The van der Waals surface area contributed by atoms with Crippen molar-refractivity contribution in [3.63, 3.8) is 0 Å². The summed E-state index contributed by atoms with van der Waals surface area (Å²) in [5.41, 5.74) is 0.220. The summed E-state index contributed by atoms with van der Waals surface area (Å²) in [7, 11) is 0. The van der Waals surface area contributed by atoms with E-state index in [1.165, 1.54) is 24.5 Å². The minimum absolute atomic E-state index is 0.0591. The second-order valence-corrected chi connectivity index (χ2v) is 6.45. The molecule has 4 aromatic rings. The van der Waals surface area contributed by atoms with Crippen LogP contribution < -0.4 is 5.56 Å². The van der Waals surface area contributed by atoms with Crippen molar-refractivity contribution in [2.45, 2.75) is 10.2 Å². The van der Waals surface area contributed by atoms with Gasteiger partial charge in [-0.05, 0) is 53.7 Å². The van der Waals surface area contributed by atoms with E-state index in [4.69, 9.17) is 0 Å². The zero-order valence-electron chi connectivity index (χ0n) is 13.5. The first-order chi connectivity index (χ1) is 13.0. The van der Waals surface area contributed by atoms with Crippen LogP contribution in [0.25, 0.3) is 16.9 Å². The van der Waals surface area contributed by atoms with Crippen LogP contribution in [0.3, 0.4) is 0 Å². The van der Waals surface area contributed by atoms with Crippen LogP contribution in [0, 0.1) is 15.9 Å². The molecular formula is C17H10FN5O3S. The number of nitrogens with one attached hydrogen (secondary N) is 1. The molecule has 0 saturated heterocycles. The van der Waals surface area contributed by atoms with E-state index >= 15 is 0 Å². The number of imidazole rings is 1. The average Bonchev–Trinajstić information content (AvgIpc) is 3.10. The van der Waals surface area contributed by atoms with Crippen molar-refractivity contribution in [1.29, 1.82) is 0 Å². The van der Waals surface area contributed by atoms with Gasteiger partial charge in [-0.3, -0.25) is 19.3 Å². The number of halogens is 1. The quantitative estimate of drug-likeness (QED) is 0.329. The second-order valence-electron chi connectivity index (χ2n) is 5.47. The third-order valence-corrected chi connectivity index (χ3v) is 4.64. The molecule has 0 amide bonds. The number of fused-ring (bicyclic) bond motifs is 1. The molecule has 10 heteroatoms. The van der Waals surface area contributed by atoms with Crippen LogP contribution in [0.5, 0.6) is 0 Å².